The molecule has 0 radical (unpaired) electrons. The van der Waals surface area contributed by atoms with Gasteiger partial charge in [0.05, 0.1) is 12.2 Å². The van der Waals surface area contributed by atoms with Crippen molar-refractivity contribution in [1.82, 2.24) is 14.9 Å². The number of anilines is 2. The van der Waals surface area contributed by atoms with Crippen molar-refractivity contribution in [3.05, 3.63) is 83.3 Å². The Morgan fingerprint density at radius 1 is 0.971 bits per heavy atom. The highest BCUT2D eigenvalue weighted by atomic mass is 35.5. The zero-order valence-electron chi connectivity index (χ0n) is 18.4. The fraction of sp³-hybridized carbons (Fsp3) is 0.320. The predicted octanol–water partition coefficient (Wildman–Crippen LogP) is 4.32. The van der Waals surface area contributed by atoms with E-state index in [2.05, 4.69) is 19.8 Å². The molecule has 0 N–H and O–H groups in total. The highest BCUT2D eigenvalue weighted by molar-refractivity contribution is 6.30. The molecule has 1 aromatic heterocycles. The second kappa shape index (κ2) is 9.64. The minimum atomic E-state index is -0.651. The van der Waals surface area contributed by atoms with Gasteiger partial charge in [-0.3, -0.25) is 14.7 Å². The van der Waals surface area contributed by atoms with Crippen molar-refractivity contribution in [3.63, 3.8) is 0 Å². The molecular weight excluding hydrogens is 460 g/mol. The molecule has 2 atom stereocenters. The van der Waals surface area contributed by atoms with Gasteiger partial charge in [0.25, 0.3) is 0 Å². The van der Waals surface area contributed by atoms with Crippen LogP contribution in [0, 0.1) is 17.6 Å². The van der Waals surface area contributed by atoms with Crippen LogP contribution < -0.4 is 9.80 Å². The molecule has 176 valence electrons. The number of halogens is 3. The zero-order chi connectivity index (χ0) is 23.7. The highest BCUT2D eigenvalue weighted by Gasteiger charge is 2.42. The Kier molecular flexibility index (Phi) is 6.43. The van der Waals surface area contributed by atoms with Gasteiger partial charge < -0.3 is 9.80 Å². The fourth-order valence-corrected chi connectivity index (χ4v) is 5.11. The maximum absolute atomic E-state index is 14.2. The molecule has 2 aromatic carbocycles. The van der Waals surface area contributed by atoms with Gasteiger partial charge in [0.15, 0.2) is 0 Å². The van der Waals surface area contributed by atoms with Crippen LogP contribution in [0.4, 0.5) is 20.3 Å². The van der Waals surface area contributed by atoms with Gasteiger partial charge in [-0.05, 0) is 42.0 Å². The number of rotatable bonds is 5. The maximum Gasteiger partial charge on any atom is 0.227 e. The topological polar surface area (TPSA) is 52.6 Å². The summed E-state index contributed by atoms with van der Waals surface area (Å²) in [6.45, 7) is 3.82. The first-order chi connectivity index (χ1) is 16.5. The second-order valence-corrected chi connectivity index (χ2v) is 9.14. The summed E-state index contributed by atoms with van der Waals surface area (Å²) in [5.74, 6) is -0.642. The maximum atomic E-state index is 14.2. The molecule has 5 rings (SSSR count). The lowest BCUT2D eigenvalue weighted by Crippen LogP contribution is -2.48. The van der Waals surface area contributed by atoms with Crippen molar-refractivity contribution in [2.45, 2.75) is 12.5 Å². The quantitative estimate of drug-likeness (QED) is 0.541. The molecule has 9 heteroatoms. The summed E-state index contributed by atoms with van der Waals surface area (Å²) in [5.41, 5.74) is 1.13. The van der Waals surface area contributed by atoms with Crippen LogP contribution in [0.2, 0.25) is 5.02 Å². The van der Waals surface area contributed by atoms with Crippen molar-refractivity contribution >= 4 is 29.0 Å². The summed E-state index contributed by atoms with van der Waals surface area (Å²) < 4.78 is 28.3. The monoisotopic (exact) mass is 483 g/mol. The van der Waals surface area contributed by atoms with Crippen LogP contribution in [0.15, 0.2) is 61.1 Å². The molecule has 6 nitrogen and oxygen atoms in total. The fourth-order valence-electron chi connectivity index (χ4n) is 4.98. The number of carbonyl (C=O) groups is 1. The smallest absolute Gasteiger partial charge is 0.227 e. The van der Waals surface area contributed by atoms with E-state index in [1.54, 1.807) is 47.8 Å². The number of hydrogen-bond acceptors (Lipinski definition) is 5. The normalized spacial score (nSPS) is 21.3. The van der Waals surface area contributed by atoms with E-state index in [1.807, 2.05) is 0 Å². The number of nitrogens with zero attached hydrogens (tertiary/aromatic N) is 5. The van der Waals surface area contributed by atoms with Crippen molar-refractivity contribution in [1.29, 1.82) is 0 Å². The average molecular weight is 484 g/mol. The Balaban J connectivity index is 1.38. The first-order valence-corrected chi connectivity index (χ1v) is 11.6. The lowest BCUT2D eigenvalue weighted by atomic mass is 9.92. The molecule has 0 aliphatic carbocycles. The van der Waals surface area contributed by atoms with Gasteiger partial charge in [-0.25, -0.2) is 13.8 Å². The van der Waals surface area contributed by atoms with Gasteiger partial charge in [0.1, 0.15) is 17.5 Å². The predicted molar refractivity (Wildman–Crippen MR) is 127 cm³/mol. The molecular formula is C25H24ClF2N5O. The van der Waals surface area contributed by atoms with Gasteiger partial charge in [-0.1, -0.05) is 11.6 Å². The van der Waals surface area contributed by atoms with Crippen LogP contribution >= 0.6 is 11.6 Å². The van der Waals surface area contributed by atoms with Crippen LogP contribution in [-0.4, -0.2) is 53.5 Å². The van der Waals surface area contributed by atoms with Crippen molar-refractivity contribution in [2.75, 3.05) is 42.5 Å². The third-order valence-corrected chi connectivity index (χ3v) is 6.75. The molecule has 0 unspecified atom stereocenters. The minimum absolute atomic E-state index is 0.0693. The Labute approximate surface area is 201 Å². The van der Waals surface area contributed by atoms with E-state index in [-0.39, 0.29) is 11.8 Å². The van der Waals surface area contributed by atoms with E-state index >= 15 is 0 Å². The van der Waals surface area contributed by atoms with Crippen LogP contribution in [-0.2, 0) is 4.79 Å². The third-order valence-electron chi connectivity index (χ3n) is 6.50. The van der Waals surface area contributed by atoms with Crippen molar-refractivity contribution in [2.24, 2.45) is 5.92 Å². The molecule has 2 aliphatic heterocycles. The number of piperazine rings is 1. The van der Waals surface area contributed by atoms with Gasteiger partial charge in [-0.15, -0.1) is 0 Å². The first-order valence-electron chi connectivity index (χ1n) is 11.2. The summed E-state index contributed by atoms with van der Waals surface area (Å²) in [7, 11) is 0. The largest absolute Gasteiger partial charge is 0.353 e. The summed E-state index contributed by atoms with van der Waals surface area (Å²) >= 11 is 6.04. The zero-order valence-corrected chi connectivity index (χ0v) is 19.2. The number of benzene rings is 2. The molecule has 34 heavy (non-hydrogen) atoms. The lowest BCUT2D eigenvalue weighted by molar-refractivity contribution is -0.117. The van der Waals surface area contributed by atoms with Crippen LogP contribution in [0.3, 0.4) is 0 Å². The number of amides is 1. The summed E-state index contributed by atoms with van der Waals surface area (Å²) in [5, 5.41) is 0.557. The standard InChI is InChI=1S/C25H24ClF2N5O/c26-19-1-3-22(4-2-19)33-24(34)13-18(25(33)17-11-20(27)14-21(28)12-17)16-31-7-9-32(10-8-31)23-15-29-5-6-30-23/h1-6,11-12,14-15,18,25H,7-10,13,16H2/t18-,25-/m0/s1. The van der Waals surface area contributed by atoms with E-state index in [0.29, 0.717) is 29.2 Å². The van der Waals surface area contributed by atoms with Gasteiger partial charge in [-0.2, -0.15) is 0 Å². The van der Waals surface area contributed by atoms with Crippen LogP contribution in [0.1, 0.15) is 18.0 Å². The molecule has 3 aromatic rings. The summed E-state index contributed by atoms with van der Waals surface area (Å²) in [6, 6.07) is 10.0. The van der Waals surface area contributed by atoms with E-state index in [1.165, 1.54) is 12.1 Å². The molecule has 2 aliphatic rings. The Bertz CT molecular complexity index is 1140. The number of carbonyl (C=O) groups excluding carboxylic acids is 1. The molecule has 0 spiro atoms. The Morgan fingerprint density at radius 2 is 1.68 bits per heavy atom. The average Bonchev–Trinajstić information content (AvgIpc) is 3.15. The molecule has 2 fully saturated rings. The first kappa shape index (κ1) is 22.7. The minimum Gasteiger partial charge on any atom is -0.353 e. The number of aromatic nitrogens is 2. The van der Waals surface area contributed by atoms with Crippen LogP contribution in [0.5, 0.6) is 0 Å². The Morgan fingerprint density at radius 3 is 2.32 bits per heavy atom. The SMILES string of the molecule is O=C1C[C@@H](CN2CCN(c3cnccn3)CC2)[C@H](c2cc(F)cc(F)c2)N1c1ccc(Cl)cc1. The summed E-state index contributed by atoms with van der Waals surface area (Å²) in [4.78, 5) is 27.8. The highest BCUT2D eigenvalue weighted by Crippen LogP contribution is 2.42. The summed E-state index contributed by atoms with van der Waals surface area (Å²) in [6.07, 6.45) is 5.39. The second-order valence-electron chi connectivity index (χ2n) is 8.70. The van der Waals surface area contributed by atoms with Crippen molar-refractivity contribution in [3.8, 4) is 0 Å². The van der Waals surface area contributed by atoms with E-state index < -0.39 is 17.7 Å². The molecule has 0 bridgehead atoms. The van der Waals surface area contributed by atoms with Crippen LogP contribution in [0.25, 0.3) is 0 Å². The third kappa shape index (κ3) is 4.74. The Hall–Kier alpha value is -3.10. The van der Waals surface area contributed by atoms with Gasteiger partial charge in [0, 0.05) is 74.2 Å². The molecule has 0 saturated carbocycles. The molecule has 1 amide bonds. The lowest BCUT2D eigenvalue weighted by Gasteiger charge is -2.37. The molecule has 3 heterocycles. The van der Waals surface area contributed by atoms with Gasteiger partial charge in [0.2, 0.25) is 5.91 Å². The van der Waals surface area contributed by atoms with E-state index in [4.69, 9.17) is 11.6 Å². The van der Waals surface area contributed by atoms with E-state index in [0.717, 1.165) is 38.1 Å². The van der Waals surface area contributed by atoms with E-state index in [9.17, 15) is 13.6 Å². The van der Waals surface area contributed by atoms with Gasteiger partial charge >= 0.3 is 0 Å². The molecule has 2 saturated heterocycles. The number of hydrogen-bond donors (Lipinski definition) is 0. The van der Waals surface area contributed by atoms with Crippen molar-refractivity contribution < 1.29 is 13.6 Å².